The molecule has 1 aromatic rings. The summed E-state index contributed by atoms with van der Waals surface area (Å²) in [5, 5.41) is 3.38. The topological polar surface area (TPSA) is 15.3 Å². The zero-order valence-corrected chi connectivity index (χ0v) is 11.0. The Morgan fingerprint density at radius 2 is 1.81 bits per heavy atom. The molecule has 0 heterocycles. The van der Waals surface area contributed by atoms with Crippen LogP contribution in [0.3, 0.4) is 0 Å². The maximum Gasteiger partial charge on any atom is 0.0446 e. The highest BCUT2D eigenvalue weighted by atomic mass is 15.1. The van der Waals surface area contributed by atoms with Crippen molar-refractivity contribution in [3.05, 3.63) is 35.4 Å². The molecule has 0 radical (unpaired) electrons. The fourth-order valence-corrected chi connectivity index (χ4v) is 1.79. The molecule has 0 saturated heterocycles. The molecule has 0 fully saturated rings. The van der Waals surface area contributed by atoms with Gasteiger partial charge in [-0.2, -0.15) is 0 Å². The molecule has 0 aliphatic rings. The molecule has 2 nitrogen and oxygen atoms in total. The minimum absolute atomic E-state index is 0.427. The van der Waals surface area contributed by atoms with Crippen molar-refractivity contribution in [1.82, 2.24) is 10.2 Å². The number of likely N-dealkylation sites (N-methyl/N-ethyl adjacent to an activating group) is 2. The molecule has 1 atom stereocenters. The van der Waals surface area contributed by atoms with Gasteiger partial charge in [0.2, 0.25) is 0 Å². The van der Waals surface area contributed by atoms with E-state index in [1.54, 1.807) is 0 Å². The lowest BCUT2D eigenvalue weighted by molar-refractivity contribution is 0.311. The van der Waals surface area contributed by atoms with Gasteiger partial charge in [-0.3, -0.25) is 0 Å². The summed E-state index contributed by atoms with van der Waals surface area (Å²) >= 11 is 0. The molecule has 1 N–H and O–H groups in total. The van der Waals surface area contributed by atoms with Gasteiger partial charge in [-0.15, -0.1) is 0 Å². The van der Waals surface area contributed by atoms with Gasteiger partial charge in [0.1, 0.15) is 0 Å². The summed E-state index contributed by atoms with van der Waals surface area (Å²) in [6, 6.07) is 9.36. The first kappa shape index (κ1) is 13.2. The number of benzene rings is 1. The van der Waals surface area contributed by atoms with Crippen molar-refractivity contribution in [1.29, 1.82) is 0 Å². The van der Waals surface area contributed by atoms with Crippen LogP contribution in [0.15, 0.2) is 24.3 Å². The zero-order valence-electron chi connectivity index (χ0n) is 11.0. The third-order valence-corrected chi connectivity index (χ3v) is 3.17. The van der Waals surface area contributed by atoms with Crippen LogP contribution in [0.4, 0.5) is 0 Å². The van der Waals surface area contributed by atoms with Crippen molar-refractivity contribution in [2.75, 3.05) is 27.2 Å². The van der Waals surface area contributed by atoms with Gasteiger partial charge in [0.05, 0.1) is 0 Å². The van der Waals surface area contributed by atoms with Gasteiger partial charge in [0, 0.05) is 12.6 Å². The van der Waals surface area contributed by atoms with E-state index in [1.807, 2.05) is 7.05 Å². The highest BCUT2D eigenvalue weighted by Crippen LogP contribution is 2.14. The predicted octanol–water partition coefficient (Wildman–Crippen LogP) is 2.46. The molecule has 16 heavy (non-hydrogen) atoms. The Hall–Kier alpha value is -0.860. The number of hydrogen-bond acceptors (Lipinski definition) is 2. The molecule has 1 aromatic carbocycles. The van der Waals surface area contributed by atoms with Crippen LogP contribution in [-0.4, -0.2) is 32.1 Å². The van der Waals surface area contributed by atoms with Gasteiger partial charge in [-0.1, -0.05) is 38.1 Å². The highest BCUT2D eigenvalue weighted by molar-refractivity contribution is 5.25. The van der Waals surface area contributed by atoms with E-state index in [0.717, 1.165) is 19.5 Å². The Labute approximate surface area is 99.7 Å². The van der Waals surface area contributed by atoms with Crippen molar-refractivity contribution >= 4 is 0 Å². The van der Waals surface area contributed by atoms with Crippen LogP contribution >= 0.6 is 0 Å². The molecule has 1 rings (SSSR count). The smallest absolute Gasteiger partial charge is 0.0446 e. The van der Waals surface area contributed by atoms with Crippen LogP contribution < -0.4 is 5.32 Å². The molecule has 0 spiro atoms. The molecule has 0 aliphatic carbocycles. The van der Waals surface area contributed by atoms with Gasteiger partial charge >= 0.3 is 0 Å². The largest absolute Gasteiger partial charge is 0.312 e. The summed E-state index contributed by atoms with van der Waals surface area (Å²) in [4.78, 5) is 2.33. The van der Waals surface area contributed by atoms with Crippen molar-refractivity contribution in [3.63, 3.8) is 0 Å². The molecule has 90 valence electrons. The standard InChI is InChI=1S/C14H24N2/c1-5-12-7-9-13(10-8-12)14(15-3)11-16(4)6-2/h7-10,14-15H,5-6,11H2,1-4H3. The van der Waals surface area contributed by atoms with E-state index in [9.17, 15) is 0 Å². The van der Waals surface area contributed by atoms with E-state index in [1.165, 1.54) is 11.1 Å². The van der Waals surface area contributed by atoms with Crippen molar-refractivity contribution < 1.29 is 0 Å². The summed E-state index contributed by atoms with van der Waals surface area (Å²) in [7, 11) is 4.19. The first-order valence-electron chi connectivity index (χ1n) is 6.15. The normalized spacial score (nSPS) is 13.1. The second-order valence-electron chi connectivity index (χ2n) is 4.29. The van der Waals surface area contributed by atoms with Crippen LogP contribution in [0.1, 0.15) is 31.0 Å². The summed E-state index contributed by atoms with van der Waals surface area (Å²) in [5.74, 6) is 0. The number of hydrogen-bond donors (Lipinski definition) is 1. The zero-order chi connectivity index (χ0) is 12.0. The first-order chi connectivity index (χ1) is 7.71. The second-order valence-corrected chi connectivity index (χ2v) is 4.29. The van der Waals surface area contributed by atoms with E-state index >= 15 is 0 Å². The third kappa shape index (κ3) is 3.62. The lowest BCUT2D eigenvalue weighted by Crippen LogP contribution is -2.31. The van der Waals surface area contributed by atoms with Crippen LogP contribution in [-0.2, 0) is 6.42 Å². The number of nitrogens with one attached hydrogen (secondary N) is 1. The van der Waals surface area contributed by atoms with Gasteiger partial charge in [0.25, 0.3) is 0 Å². The van der Waals surface area contributed by atoms with Crippen LogP contribution in [0, 0.1) is 0 Å². The molecule has 1 unspecified atom stereocenters. The summed E-state index contributed by atoms with van der Waals surface area (Å²) in [5.41, 5.74) is 2.78. The van der Waals surface area contributed by atoms with Gasteiger partial charge in [0.15, 0.2) is 0 Å². The molecular formula is C14H24N2. The molecule has 0 saturated carbocycles. The Morgan fingerprint density at radius 3 is 2.25 bits per heavy atom. The van der Waals surface area contributed by atoms with Gasteiger partial charge in [-0.25, -0.2) is 0 Å². The molecule has 0 bridgehead atoms. The lowest BCUT2D eigenvalue weighted by atomic mass is 10.0. The van der Waals surface area contributed by atoms with Gasteiger partial charge < -0.3 is 10.2 Å². The third-order valence-electron chi connectivity index (χ3n) is 3.17. The average Bonchev–Trinajstić information content (AvgIpc) is 2.35. The average molecular weight is 220 g/mol. The van der Waals surface area contributed by atoms with Gasteiger partial charge in [-0.05, 0) is 38.2 Å². The minimum atomic E-state index is 0.427. The SMILES string of the molecule is CCc1ccc(C(CN(C)CC)NC)cc1. The summed E-state index contributed by atoms with van der Waals surface area (Å²) < 4.78 is 0. The Bertz CT molecular complexity index is 292. The van der Waals surface area contributed by atoms with E-state index in [-0.39, 0.29) is 0 Å². The lowest BCUT2D eigenvalue weighted by Gasteiger charge is -2.23. The second kappa shape index (κ2) is 6.66. The molecule has 2 heteroatoms. The van der Waals surface area contributed by atoms with E-state index < -0.39 is 0 Å². The predicted molar refractivity (Wildman–Crippen MR) is 70.8 cm³/mol. The van der Waals surface area contributed by atoms with Crippen LogP contribution in [0.2, 0.25) is 0 Å². The van der Waals surface area contributed by atoms with E-state index in [0.29, 0.717) is 6.04 Å². The number of aryl methyl sites for hydroxylation is 1. The van der Waals surface area contributed by atoms with Crippen molar-refractivity contribution in [2.24, 2.45) is 0 Å². The molecule has 0 amide bonds. The minimum Gasteiger partial charge on any atom is -0.312 e. The fraction of sp³-hybridized carbons (Fsp3) is 0.571. The highest BCUT2D eigenvalue weighted by Gasteiger charge is 2.10. The summed E-state index contributed by atoms with van der Waals surface area (Å²) in [6.07, 6.45) is 1.11. The monoisotopic (exact) mass is 220 g/mol. The maximum absolute atomic E-state index is 3.38. The molecular weight excluding hydrogens is 196 g/mol. The van der Waals surface area contributed by atoms with Crippen molar-refractivity contribution in [2.45, 2.75) is 26.3 Å². The number of rotatable bonds is 6. The maximum atomic E-state index is 3.38. The number of nitrogens with zero attached hydrogens (tertiary/aromatic N) is 1. The fourth-order valence-electron chi connectivity index (χ4n) is 1.79. The molecule has 0 aliphatic heterocycles. The Morgan fingerprint density at radius 1 is 1.19 bits per heavy atom. The molecule has 0 aromatic heterocycles. The van der Waals surface area contributed by atoms with E-state index in [2.05, 4.69) is 55.4 Å². The van der Waals surface area contributed by atoms with Crippen LogP contribution in [0.25, 0.3) is 0 Å². The van der Waals surface area contributed by atoms with E-state index in [4.69, 9.17) is 0 Å². The van der Waals surface area contributed by atoms with Crippen molar-refractivity contribution in [3.8, 4) is 0 Å². The Kier molecular flexibility index (Phi) is 5.50. The quantitative estimate of drug-likeness (QED) is 0.792. The summed E-state index contributed by atoms with van der Waals surface area (Å²) in [6.45, 7) is 6.52. The van der Waals surface area contributed by atoms with Crippen LogP contribution in [0.5, 0.6) is 0 Å². The first-order valence-corrected chi connectivity index (χ1v) is 6.15. The Balaban J connectivity index is 2.70.